The first-order valence-corrected chi connectivity index (χ1v) is 8.88. The monoisotopic (exact) mass is 412 g/mol. The van der Waals surface area contributed by atoms with Crippen molar-refractivity contribution in [3.63, 3.8) is 0 Å². The summed E-state index contributed by atoms with van der Waals surface area (Å²) >= 11 is 0. The number of anilines is 1. The molecule has 2 aliphatic heterocycles. The maximum atomic E-state index is 13.4. The highest BCUT2D eigenvalue weighted by atomic mass is 19.4. The highest BCUT2D eigenvalue weighted by molar-refractivity contribution is 6.06. The maximum Gasteiger partial charge on any atom is 0.414 e. The topological polar surface area (TPSA) is 90.1 Å². The van der Waals surface area contributed by atoms with E-state index >= 15 is 0 Å². The molecule has 158 valence electrons. The summed E-state index contributed by atoms with van der Waals surface area (Å²) in [7, 11) is 4.47. The van der Waals surface area contributed by atoms with Crippen LogP contribution in [0.15, 0.2) is 40.2 Å². The van der Waals surface area contributed by atoms with Crippen LogP contribution in [0.4, 0.5) is 18.9 Å². The molecule has 29 heavy (non-hydrogen) atoms. The minimum absolute atomic E-state index is 0.0112. The molecule has 0 radical (unpaired) electrons. The van der Waals surface area contributed by atoms with Gasteiger partial charge >= 0.3 is 6.18 Å². The van der Waals surface area contributed by atoms with Crippen molar-refractivity contribution in [1.29, 1.82) is 0 Å². The van der Waals surface area contributed by atoms with Crippen molar-refractivity contribution in [3.05, 3.63) is 35.2 Å². The van der Waals surface area contributed by atoms with E-state index in [2.05, 4.69) is 15.6 Å². The van der Waals surface area contributed by atoms with Crippen molar-refractivity contribution in [2.24, 2.45) is 10.7 Å². The fourth-order valence-electron chi connectivity index (χ4n) is 3.44. The van der Waals surface area contributed by atoms with Crippen molar-refractivity contribution in [2.45, 2.75) is 25.1 Å². The smallest absolute Gasteiger partial charge is 0.414 e. The Kier molecular flexibility index (Phi) is 5.40. The van der Waals surface area contributed by atoms with Crippen LogP contribution in [-0.4, -0.2) is 45.4 Å². The van der Waals surface area contributed by atoms with Crippen molar-refractivity contribution in [2.75, 3.05) is 33.2 Å². The number of alkyl halides is 3. The summed E-state index contributed by atoms with van der Waals surface area (Å²) in [6.07, 6.45) is -2.68. The van der Waals surface area contributed by atoms with E-state index in [0.717, 1.165) is 0 Å². The molecule has 10 heteroatoms. The molecule has 0 saturated carbocycles. The van der Waals surface area contributed by atoms with Crippen LogP contribution < -0.4 is 30.6 Å². The van der Waals surface area contributed by atoms with Crippen molar-refractivity contribution in [3.8, 4) is 17.2 Å². The zero-order valence-corrected chi connectivity index (χ0v) is 16.5. The fourth-order valence-corrected chi connectivity index (χ4v) is 3.44. The summed E-state index contributed by atoms with van der Waals surface area (Å²) in [6, 6.07) is 3.36. The Bertz CT molecular complexity index is 883. The first kappa shape index (κ1) is 20.8. The van der Waals surface area contributed by atoms with Crippen molar-refractivity contribution in [1.82, 2.24) is 5.32 Å². The summed E-state index contributed by atoms with van der Waals surface area (Å²) in [5, 5.41) is 6.02. The molecule has 1 aromatic carbocycles. The minimum Gasteiger partial charge on any atom is -0.493 e. The van der Waals surface area contributed by atoms with Gasteiger partial charge in [0.1, 0.15) is 11.7 Å². The number of rotatable bonds is 6. The second kappa shape index (κ2) is 7.51. The third kappa shape index (κ3) is 3.71. The molecule has 4 N–H and O–H groups in total. The molecule has 7 nitrogen and oxygen atoms in total. The predicted octanol–water partition coefficient (Wildman–Crippen LogP) is 2.95. The standard InChI is InChI=1S/C19H23F3N4O3/c1-5-18(23)8-14(26-17-15(18)11(9-24-17)19(20,21)22)25-10-6-12(27-2)16(29-4)13(7-10)28-3/h6-8,25H,5,9,23H2,1-4H3,(H,24,26). The van der Waals surface area contributed by atoms with Crippen LogP contribution in [0.2, 0.25) is 0 Å². The van der Waals surface area contributed by atoms with E-state index in [1.165, 1.54) is 21.3 Å². The highest BCUT2D eigenvalue weighted by Gasteiger charge is 2.47. The summed E-state index contributed by atoms with van der Waals surface area (Å²) in [5.41, 5.74) is 4.90. The van der Waals surface area contributed by atoms with Gasteiger partial charge in [0.25, 0.3) is 0 Å². The molecule has 1 aromatic rings. The van der Waals surface area contributed by atoms with Crippen molar-refractivity contribution >= 4 is 11.5 Å². The van der Waals surface area contributed by atoms with Gasteiger partial charge in [0.15, 0.2) is 11.5 Å². The molecule has 2 aliphatic rings. The third-order valence-corrected chi connectivity index (χ3v) is 4.93. The van der Waals surface area contributed by atoms with Gasteiger partial charge in [-0.25, -0.2) is 0 Å². The van der Waals surface area contributed by atoms with Gasteiger partial charge in [0.2, 0.25) is 5.75 Å². The lowest BCUT2D eigenvalue weighted by atomic mass is 9.82. The van der Waals surface area contributed by atoms with E-state index < -0.39 is 23.8 Å². The zero-order valence-electron chi connectivity index (χ0n) is 16.5. The Labute approximate surface area is 166 Å². The number of nitrogens with one attached hydrogen (secondary N) is 2. The molecule has 0 saturated heterocycles. The maximum absolute atomic E-state index is 13.4. The number of hydrogen-bond donors (Lipinski definition) is 3. The van der Waals surface area contributed by atoms with E-state index in [-0.39, 0.29) is 17.8 Å². The van der Waals surface area contributed by atoms with Gasteiger partial charge in [-0.2, -0.15) is 13.2 Å². The van der Waals surface area contributed by atoms with Crippen LogP contribution in [0.5, 0.6) is 17.2 Å². The predicted molar refractivity (Wildman–Crippen MR) is 104 cm³/mol. The number of methoxy groups -OCH3 is 3. The molecule has 1 atom stereocenters. The van der Waals surface area contributed by atoms with Gasteiger partial charge in [-0.1, -0.05) is 6.92 Å². The molecule has 3 rings (SSSR count). The molecule has 0 spiro atoms. The lowest BCUT2D eigenvalue weighted by Crippen LogP contribution is -2.51. The molecule has 0 aromatic heterocycles. The number of amidine groups is 1. The lowest BCUT2D eigenvalue weighted by molar-refractivity contribution is -0.0927. The molecule has 1 unspecified atom stereocenters. The normalized spacial score (nSPS) is 21.1. The van der Waals surface area contributed by atoms with Gasteiger partial charge < -0.3 is 30.6 Å². The van der Waals surface area contributed by atoms with Crippen molar-refractivity contribution < 1.29 is 27.4 Å². The Morgan fingerprint density at radius 1 is 1.17 bits per heavy atom. The minimum atomic E-state index is -4.49. The van der Waals surface area contributed by atoms with Crippen LogP contribution in [-0.2, 0) is 0 Å². The number of nitrogens with two attached hydrogens (primary N) is 1. The number of nitrogens with zero attached hydrogens (tertiary/aromatic N) is 1. The number of aliphatic imine (C=N–C) groups is 1. The molecule has 0 bridgehead atoms. The summed E-state index contributed by atoms with van der Waals surface area (Å²) < 4.78 is 56.2. The number of halogens is 3. The summed E-state index contributed by atoms with van der Waals surface area (Å²) in [5.74, 6) is 1.82. The Morgan fingerprint density at radius 2 is 1.79 bits per heavy atom. The summed E-state index contributed by atoms with van der Waals surface area (Å²) in [4.78, 5) is 4.02. The van der Waals surface area contributed by atoms with Gasteiger partial charge in [-0.15, -0.1) is 0 Å². The Balaban J connectivity index is 2.00. The first-order chi connectivity index (χ1) is 13.7. The molecule has 0 fully saturated rings. The summed E-state index contributed by atoms with van der Waals surface area (Å²) in [6.45, 7) is 1.28. The molecule has 0 aliphatic carbocycles. The lowest BCUT2D eigenvalue weighted by Gasteiger charge is -2.35. The van der Waals surface area contributed by atoms with Crippen LogP contribution in [0.1, 0.15) is 13.3 Å². The van der Waals surface area contributed by atoms with Gasteiger partial charge in [-0.3, -0.25) is 4.99 Å². The molecular weight excluding hydrogens is 389 g/mol. The van der Waals surface area contributed by atoms with E-state index in [0.29, 0.717) is 28.8 Å². The third-order valence-electron chi connectivity index (χ3n) is 4.93. The van der Waals surface area contributed by atoms with E-state index in [4.69, 9.17) is 19.9 Å². The van der Waals surface area contributed by atoms with Crippen LogP contribution in [0.25, 0.3) is 0 Å². The average Bonchev–Trinajstić information content (AvgIpc) is 3.12. The molecular formula is C19H23F3N4O3. The van der Waals surface area contributed by atoms with E-state index in [9.17, 15) is 13.2 Å². The zero-order chi connectivity index (χ0) is 21.4. The van der Waals surface area contributed by atoms with E-state index in [1.807, 2.05) is 0 Å². The number of fused-ring (bicyclic) bond motifs is 1. The highest BCUT2D eigenvalue weighted by Crippen LogP contribution is 2.42. The van der Waals surface area contributed by atoms with Gasteiger partial charge in [-0.05, 0) is 12.5 Å². The molecule has 0 amide bonds. The number of hydrogen-bond acceptors (Lipinski definition) is 7. The van der Waals surface area contributed by atoms with Gasteiger partial charge in [0.05, 0.1) is 39.0 Å². The second-order valence-corrected chi connectivity index (χ2v) is 6.63. The Hall–Kier alpha value is -2.88. The van der Waals surface area contributed by atoms with Crippen LogP contribution in [0, 0.1) is 0 Å². The largest absolute Gasteiger partial charge is 0.493 e. The van der Waals surface area contributed by atoms with E-state index in [1.54, 1.807) is 25.1 Å². The Morgan fingerprint density at radius 3 is 2.28 bits per heavy atom. The van der Waals surface area contributed by atoms with Crippen LogP contribution in [0.3, 0.4) is 0 Å². The second-order valence-electron chi connectivity index (χ2n) is 6.63. The SMILES string of the molecule is CCC1(N)C=C(Nc2cc(OC)c(OC)c(OC)c2)NC2=NCC(C(F)(F)F)=C21. The van der Waals surface area contributed by atoms with Crippen LogP contribution >= 0.6 is 0 Å². The number of benzene rings is 1. The average molecular weight is 412 g/mol. The first-order valence-electron chi connectivity index (χ1n) is 8.88. The quantitative estimate of drug-likeness (QED) is 0.666. The fraction of sp³-hybridized carbons (Fsp3) is 0.421. The molecule has 2 heterocycles. The number of ether oxygens (including phenoxy) is 3. The van der Waals surface area contributed by atoms with Gasteiger partial charge in [0, 0.05) is 23.4 Å².